The van der Waals surface area contributed by atoms with Gasteiger partial charge in [-0.15, -0.1) is 5.54 Å². The van der Waals surface area contributed by atoms with Crippen LogP contribution in [0.5, 0.6) is 0 Å². The molecule has 0 aromatic rings. The Balaban J connectivity index is 2.81. The van der Waals surface area contributed by atoms with E-state index in [9.17, 15) is 5.11 Å². The molecule has 86 valence electrons. The highest BCUT2D eigenvalue weighted by atomic mass is 28.3. The topological polar surface area (TPSA) is 20.2 Å². The van der Waals surface area contributed by atoms with E-state index in [-0.39, 0.29) is 0 Å². The van der Waals surface area contributed by atoms with E-state index in [0.29, 0.717) is 5.92 Å². The predicted octanol–water partition coefficient (Wildman–Crippen LogP) is 3.20. The minimum Gasteiger partial charge on any atom is -0.377 e. The third-order valence-corrected chi connectivity index (χ3v) is 4.06. The smallest absolute Gasteiger partial charge is 0.129 e. The van der Waals surface area contributed by atoms with Gasteiger partial charge in [0.1, 0.15) is 13.7 Å². The van der Waals surface area contributed by atoms with Crippen LogP contribution in [0.15, 0.2) is 0 Å². The maximum Gasteiger partial charge on any atom is 0.129 e. The number of hydrogen-bond acceptors (Lipinski definition) is 1. The fraction of sp³-hybridized carbons (Fsp3) is 0.846. The molecule has 1 saturated carbocycles. The summed E-state index contributed by atoms with van der Waals surface area (Å²) in [7, 11) is -1.35. The van der Waals surface area contributed by atoms with Crippen molar-refractivity contribution in [3.8, 4) is 11.5 Å². The van der Waals surface area contributed by atoms with Gasteiger partial charge in [0.15, 0.2) is 0 Å². The Labute approximate surface area is 95.3 Å². The Hall–Kier alpha value is -0.263. The molecule has 1 fully saturated rings. The standard InChI is InChI=1S/C13H24OSi/c1-5-12-8-6-7-9-13(12,14)10-11-15(2,3)4/h12,14H,5-9H2,1-4H3/t12-,13+/m1/s1. The van der Waals surface area contributed by atoms with Crippen molar-refractivity contribution in [2.24, 2.45) is 5.92 Å². The van der Waals surface area contributed by atoms with Crippen molar-refractivity contribution in [2.75, 3.05) is 0 Å². The van der Waals surface area contributed by atoms with Crippen LogP contribution in [0.2, 0.25) is 19.6 Å². The monoisotopic (exact) mass is 224 g/mol. The molecule has 2 atom stereocenters. The molecule has 1 aliphatic rings. The van der Waals surface area contributed by atoms with E-state index in [0.717, 1.165) is 25.7 Å². The Bertz CT molecular complexity index is 268. The molecule has 0 unspecified atom stereocenters. The highest BCUT2D eigenvalue weighted by Gasteiger charge is 2.36. The van der Waals surface area contributed by atoms with E-state index in [1.807, 2.05) is 0 Å². The second-order valence-electron chi connectivity index (χ2n) is 5.78. The van der Waals surface area contributed by atoms with Crippen molar-refractivity contribution in [1.82, 2.24) is 0 Å². The molecule has 0 radical (unpaired) electrons. The molecule has 0 bridgehead atoms. The molecule has 1 aliphatic carbocycles. The maximum atomic E-state index is 10.5. The van der Waals surface area contributed by atoms with E-state index < -0.39 is 13.7 Å². The van der Waals surface area contributed by atoms with E-state index >= 15 is 0 Å². The van der Waals surface area contributed by atoms with Gasteiger partial charge in [-0.25, -0.2) is 0 Å². The van der Waals surface area contributed by atoms with Gasteiger partial charge in [-0.2, -0.15) is 0 Å². The first-order valence-electron chi connectivity index (χ1n) is 6.14. The molecule has 0 aliphatic heterocycles. The van der Waals surface area contributed by atoms with Crippen molar-refractivity contribution >= 4 is 8.07 Å². The lowest BCUT2D eigenvalue weighted by atomic mass is 9.75. The zero-order valence-corrected chi connectivity index (χ0v) is 11.6. The minimum atomic E-state index is -1.35. The second kappa shape index (κ2) is 4.72. The SMILES string of the molecule is CC[C@@H]1CCCC[C@]1(O)C#C[Si](C)(C)C. The quantitative estimate of drug-likeness (QED) is 0.536. The van der Waals surface area contributed by atoms with Gasteiger partial charge in [-0.05, 0) is 31.6 Å². The summed E-state index contributed by atoms with van der Waals surface area (Å²) in [5.74, 6) is 3.60. The van der Waals surface area contributed by atoms with Crippen molar-refractivity contribution in [3.05, 3.63) is 0 Å². The van der Waals surface area contributed by atoms with E-state index in [1.54, 1.807) is 0 Å². The lowest BCUT2D eigenvalue weighted by Gasteiger charge is -2.35. The molecule has 1 nitrogen and oxygen atoms in total. The lowest BCUT2D eigenvalue weighted by Crippen LogP contribution is -2.39. The van der Waals surface area contributed by atoms with Crippen molar-refractivity contribution < 1.29 is 5.11 Å². The maximum absolute atomic E-state index is 10.5. The summed E-state index contributed by atoms with van der Waals surface area (Å²) < 4.78 is 0. The first-order chi connectivity index (χ1) is 6.87. The summed E-state index contributed by atoms with van der Waals surface area (Å²) >= 11 is 0. The Morgan fingerprint density at radius 3 is 2.53 bits per heavy atom. The van der Waals surface area contributed by atoms with Gasteiger partial charge in [-0.3, -0.25) is 0 Å². The zero-order chi connectivity index (χ0) is 11.5. The molecule has 0 amide bonds. The van der Waals surface area contributed by atoms with Gasteiger partial charge in [0, 0.05) is 0 Å². The Morgan fingerprint density at radius 1 is 1.33 bits per heavy atom. The average molecular weight is 224 g/mol. The molecule has 0 heterocycles. The summed E-state index contributed by atoms with van der Waals surface area (Å²) in [6.45, 7) is 8.85. The molecule has 1 rings (SSSR count). The van der Waals surface area contributed by atoms with E-state index in [4.69, 9.17) is 0 Å². The summed E-state index contributed by atoms with van der Waals surface area (Å²) in [5.41, 5.74) is 2.66. The van der Waals surface area contributed by atoms with Crippen LogP contribution in [0.1, 0.15) is 39.0 Å². The molecule has 0 saturated heterocycles. The average Bonchev–Trinajstić information content (AvgIpc) is 2.15. The largest absolute Gasteiger partial charge is 0.377 e. The highest BCUT2D eigenvalue weighted by Crippen LogP contribution is 2.35. The third kappa shape index (κ3) is 3.66. The first-order valence-corrected chi connectivity index (χ1v) is 9.64. The van der Waals surface area contributed by atoms with Crippen molar-refractivity contribution in [1.29, 1.82) is 0 Å². The van der Waals surface area contributed by atoms with E-state index in [1.165, 1.54) is 6.42 Å². The molecular formula is C13H24OSi. The lowest BCUT2D eigenvalue weighted by molar-refractivity contribution is 0.00277. The van der Waals surface area contributed by atoms with Gasteiger partial charge in [0.2, 0.25) is 0 Å². The number of hydrogen-bond donors (Lipinski definition) is 1. The van der Waals surface area contributed by atoms with Crippen LogP contribution in [0.25, 0.3) is 0 Å². The summed E-state index contributed by atoms with van der Waals surface area (Å²) in [6.07, 6.45) is 5.47. The van der Waals surface area contributed by atoms with Crippen LogP contribution in [-0.2, 0) is 0 Å². The van der Waals surface area contributed by atoms with E-state index in [2.05, 4.69) is 38.0 Å². The first kappa shape index (κ1) is 12.8. The fourth-order valence-corrected chi connectivity index (χ4v) is 2.82. The van der Waals surface area contributed by atoms with Gasteiger partial charge in [-0.1, -0.05) is 38.9 Å². The molecular weight excluding hydrogens is 200 g/mol. The number of aliphatic hydroxyl groups is 1. The second-order valence-corrected chi connectivity index (χ2v) is 10.5. The van der Waals surface area contributed by atoms with Crippen LogP contribution in [0.4, 0.5) is 0 Å². The van der Waals surface area contributed by atoms with Crippen LogP contribution >= 0.6 is 0 Å². The normalized spacial score (nSPS) is 31.9. The van der Waals surface area contributed by atoms with Crippen molar-refractivity contribution in [2.45, 2.75) is 64.3 Å². The molecule has 1 N–H and O–H groups in total. The van der Waals surface area contributed by atoms with Crippen molar-refractivity contribution in [3.63, 3.8) is 0 Å². The predicted molar refractivity (Wildman–Crippen MR) is 68.3 cm³/mol. The van der Waals surface area contributed by atoms with Crippen LogP contribution < -0.4 is 0 Å². The summed E-state index contributed by atoms with van der Waals surface area (Å²) in [6, 6.07) is 0. The Kier molecular flexibility index (Phi) is 4.03. The van der Waals surface area contributed by atoms with Gasteiger partial charge < -0.3 is 5.11 Å². The highest BCUT2D eigenvalue weighted by molar-refractivity contribution is 6.83. The number of rotatable bonds is 1. The molecule has 15 heavy (non-hydrogen) atoms. The third-order valence-electron chi connectivity index (χ3n) is 3.18. The Morgan fingerprint density at radius 2 is 2.00 bits per heavy atom. The van der Waals surface area contributed by atoms with Gasteiger partial charge in [0.05, 0.1) is 0 Å². The van der Waals surface area contributed by atoms with Crippen LogP contribution in [0.3, 0.4) is 0 Å². The van der Waals surface area contributed by atoms with Gasteiger partial charge in [0.25, 0.3) is 0 Å². The van der Waals surface area contributed by atoms with Gasteiger partial charge >= 0.3 is 0 Å². The summed E-state index contributed by atoms with van der Waals surface area (Å²) in [5, 5.41) is 10.5. The molecule has 0 spiro atoms. The van der Waals surface area contributed by atoms with Crippen LogP contribution in [-0.4, -0.2) is 18.8 Å². The molecule has 0 aromatic carbocycles. The summed E-state index contributed by atoms with van der Waals surface area (Å²) in [4.78, 5) is 0. The molecule has 2 heteroatoms. The molecule has 0 aromatic heterocycles. The minimum absolute atomic E-state index is 0.398. The fourth-order valence-electron chi connectivity index (χ4n) is 2.23. The zero-order valence-electron chi connectivity index (χ0n) is 10.6. The van der Waals surface area contributed by atoms with Crippen LogP contribution in [0, 0.1) is 17.4 Å².